The Morgan fingerprint density at radius 2 is 2.14 bits per heavy atom. The van der Waals surface area contributed by atoms with Crippen molar-refractivity contribution >= 4 is 22.8 Å². The Morgan fingerprint density at radius 3 is 2.90 bits per heavy atom. The lowest BCUT2D eigenvalue weighted by Crippen LogP contribution is -2.37. The van der Waals surface area contributed by atoms with Crippen molar-refractivity contribution in [3.63, 3.8) is 0 Å². The Morgan fingerprint density at radius 1 is 1.34 bits per heavy atom. The number of hydrogen-bond donors (Lipinski definition) is 0. The summed E-state index contributed by atoms with van der Waals surface area (Å²) in [7, 11) is 1.56. The smallest absolute Gasteiger partial charge is 0.338 e. The van der Waals surface area contributed by atoms with Crippen molar-refractivity contribution in [2.75, 3.05) is 13.6 Å². The normalized spacial score (nSPS) is 14.4. The van der Waals surface area contributed by atoms with Gasteiger partial charge in [-0.1, -0.05) is 6.42 Å². The molecule has 1 amide bonds. The van der Waals surface area contributed by atoms with Gasteiger partial charge in [0, 0.05) is 26.6 Å². The van der Waals surface area contributed by atoms with Gasteiger partial charge < -0.3 is 9.64 Å². The standard InChI is InChI=1S/C21H24N4O4/c1-14(19(26)24(2)11-6-10-22)29-21(28)15-8-9-16-17(13-15)23-18-7-4-3-5-12-25(18)20(16)27/h8-9,13-14H,3-7,11-12H2,1-2H3/t14-/m1/s1. The number of ether oxygens (including phenoxy) is 1. The quantitative estimate of drug-likeness (QED) is 0.716. The Kier molecular flexibility index (Phi) is 6.27. The molecule has 1 aliphatic rings. The molecule has 1 atom stereocenters. The van der Waals surface area contributed by atoms with Crippen molar-refractivity contribution in [2.45, 2.75) is 51.7 Å². The summed E-state index contributed by atoms with van der Waals surface area (Å²) >= 11 is 0. The van der Waals surface area contributed by atoms with Gasteiger partial charge in [0.1, 0.15) is 5.82 Å². The number of nitriles is 1. The molecule has 2 heterocycles. The van der Waals surface area contributed by atoms with Gasteiger partial charge in [-0.25, -0.2) is 9.78 Å². The van der Waals surface area contributed by atoms with Crippen LogP contribution in [0, 0.1) is 11.3 Å². The number of amides is 1. The van der Waals surface area contributed by atoms with Crippen molar-refractivity contribution in [3.8, 4) is 6.07 Å². The van der Waals surface area contributed by atoms with Gasteiger partial charge in [-0.15, -0.1) is 0 Å². The zero-order valence-corrected chi connectivity index (χ0v) is 16.7. The maximum absolute atomic E-state index is 12.8. The minimum atomic E-state index is -0.979. The molecule has 0 bridgehead atoms. The molecule has 1 aliphatic heterocycles. The highest BCUT2D eigenvalue weighted by Crippen LogP contribution is 2.17. The highest BCUT2D eigenvalue weighted by Gasteiger charge is 2.23. The summed E-state index contributed by atoms with van der Waals surface area (Å²) in [5.74, 6) is -0.289. The van der Waals surface area contributed by atoms with Crippen molar-refractivity contribution < 1.29 is 14.3 Å². The van der Waals surface area contributed by atoms with Gasteiger partial charge in [0.05, 0.1) is 29.0 Å². The second kappa shape index (κ2) is 8.86. The summed E-state index contributed by atoms with van der Waals surface area (Å²) in [6, 6.07) is 6.62. The number of likely N-dealkylation sites (N-methyl/N-ethyl adjacent to an activating group) is 1. The summed E-state index contributed by atoms with van der Waals surface area (Å²) in [4.78, 5) is 43.5. The number of hydrogen-bond acceptors (Lipinski definition) is 6. The number of carbonyl (C=O) groups excluding carboxylic acids is 2. The lowest BCUT2D eigenvalue weighted by atomic mass is 10.1. The highest BCUT2D eigenvalue weighted by atomic mass is 16.5. The third kappa shape index (κ3) is 4.45. The van der Waals surface area contributed by atoms with Crippen LogP contribution in [0.5, 0.6) is 0 Å². The highest BCUT2D eigenvalue weighted by molar-refractivity contribution is 5.95. The average molecular weight is 396 g/mol. The first-order chi connectivity index (χ1) is 13.9. The number of aromatic nitrogens is 2. The van der Waals surface area contributed by atoms with E-state index in [2.05, 4.69) is 4.98 Å². The molecule has 8 heteroatoms. The number of nitrogens with zero attached hydrogens (tertiary/aromatic N) is 4. The molecule has 0 spiro atoms. The minimum Gasteiger partial charge on any atom is -0.449 e. The van der Waals surface area contributed by atoms with E-state index >= 15 is 0 Å². The summed E-state index contributed by atoms with van der Waals surface area (Å²) in [6.45, 7) is 2.43. The molecule has 0 saturated heterocycles. The third-order valence-corrected chi connectivity index (χ3v) is 5.12. The number of carbonyl (C=O) groups is 2. The molecule has 0 fully saturated rings. The predicted molar refractivity (Wildman–Crippen MR) is 106 cm³/mol. The van der Waals surface area contributed by atoms with E-state index in [1.54, 1.807) is 23.7 Å². The molecule has 3 rings (SSSR count). The van der Waals surface area contributed by atoms with Crippen LogP contribution in [0.15, 0.2) is 23.0 Å². The molecule has 0 radical (unpaired) electrons. The van der Waals surface area contributed by atoms with Crippen LogP contribution in [0.1, 0.15) is 48.8 Å². The fourth-order valence-corrected chi connectivity index (χ4v) is 3.46. The van der Waals surface area contributed by atoms with Gasteiger partial charge in [-0.3, -0.25) is 14.2 Å². The van der Waals surface area contributed by atoms with Gasteiger partial charge in [-0.05, 0) is 38.0 Å². The second-order valence-electron chi connectivity index (χ2n) is 7.24. The predicted octanol–water partition coefficient (Wildman–Crippen LogP) is 2.04. The molecule has 0 unspecified atom stereocenters. The first-order valence-corrected chi connectivity index (χ1v) is 9.78. The maximum Gasteiger partial charge on any atom is 0.338 e. The molecule has 152 valence electrons. The van der Waals surface area contributed by atoms with E-state index in [-0.39, 0.29) is 30.0 Å². The Hall–Kier alpha value is -3.21. The van der Waals surface area contributed by atoms with Crippen LogP contribution < -0.4 is 5.56 Å². The average Bonchev–Trinajstić information content (AvgIpc) is 2.96. The first-order valence-electron chi connectivity index (χ1n) is 9.78. The molecular weight excluding hydrogens is 372 g/mol. The molecule has 29 heavy (non-hydrogen) atoms. The van der Waals surface area contributed by atoms with E-state index in [1.807, 2.05) is 6.07 Å². The van der Waals surface area contributed by atoms with Gasteiger partial charge >= 0.3 is 5.97 Å². The lowest BCUT2D eigenvalue weighted by Gasteiger charge is -2.20. The van der Waals surface area contributed by atoms with Crippen molar-refractivity contribution in [1.82, 2.24) is 14.5 Å². The Labute approximate surface area is 168 Å². The molecule has 8 nitrogen and oxygen atoms in total. The number of benzene rings is 1. The molecule has 0 N–H and O–H groups in total. The van der Waals surface area contributed by atoms with E-state index in [0.717, 1.165) is 31.5 Å². The topological polar surface area (TPSA) is 105 Å². The number of rotatable bonds is 5. The fourth-order valence-electron chi connectivity index (χ4n) is 3.46. The minimum absolute atomic E-state index is 0.0884. The Balaban J connectivity index is 1.81. The van der Waals surface area contributed by atoms with E-state index in [4.69, 9.17) is 10.00 Å². The van der Waals surface area contributed by atoms with Crippen molar-refractivity contribution in [1.29, 1.82) is 5.26 Å². The summed E-state index contributed by atoms with van der Waals surface area (Å²) < 4.78 is 7.01. The summed E-state index contributed by atoms with van der Waals surface area (Å²) in [5.41, 5.74) is 0.611. The van der Waals surface area contributed by atoms with Gasteiger partial charge in [0.2, 0.25) is 0 Å². The number of fused-ring (bicyclic) bond motifs is 2. The van der Waals surface area contributed by atoms with Crippen LogP contribution in [-0.2, 0) is 22.5 Å². The van der Waals surface area contributed by atoms with Crippen LogP contribution in [0.3, 0.4) is 0 Å². The van der Waals surface area contributed by atoms with Gasteiger partial charge in [0.25, 0.3) is 11.5 Å². The molecule has 1 aromatic heterocycles. The van der Waals surface area contributed by atoms with Crippen molar-refractivity contribution in [3.05, 3.63) is 39.9 Å². The SMILES string of the molecule is C[C@@H](OC(=O)c1ccc2c(=O)n3c(nc2c1)CCCCC3)C(=O)N(C)CCC#N. The zero-order chi connectivity index (χ0) is 21.0. The summed E-state index contributed by atoms with van der Waals surface area (Å²) in [6.07, 6.45) is 2.97. The second-order valence-corrected chi connectivity index (χ2v) is 7.24. The Bertz CT molecular complexity index is 1040. The van der Waals surface area contributed by atoms with E-state index < -0.39 is 12.1 Å². The maximum atomic E-state index is 12.8. The van der Waals surface area contributed by atoms with E-state index in [0.29, 0.717) is 17.4 Å². The molecule has 0 aliphatic carbocycles. The zero-order valence-electron chi connectivity index (χ0n) is 16.7. The van der Waals surface area contributed by atoms with E-state index in [1.165, 1.54) is 17.9 Å². The molecule has 2 aromatic rings. The van der Waals surface area contributed by atoms with Gasteiger partial charge in [-0.2, -0.15) is 5.26 Å². The molecular formula is C21H24N4O4. The van der Waals surface area contributed by atoms with Crippen LogP contribution in [-0.4, -0.2) is 46.0 Å². The number of esters is 1. The van der Waals surface area contributed by atoms with E-state index in [9.17, 15) is 14.4 Å². The van der Waals surface area contributed by atoms with Crippen LogP contribution >= 0.6 is 0 Å². The molecule has 1 aromatic carbocycles. The monoisotopic (exact) mass is 396 g/mol. The van der Waals surface area contributed by atoms with Gasteiger partial charge in [0.15, 0.2) is 6.10 Å². The molecule has 0 saturated carbocycles. The fraction of sp³-hybridized carbons (Fsp3) is 0.476. The largest absolute Gasteiger partial charge is 0.449 e. The summed E-state index contributed by atoms with van der Waals surface area (Å²) in [5, 5.41) is 9.09. The van der Waals surface area contributed by atoms with Crippen LogP contribution in [0.2, 0.25) is 0 Å². The van der Waals surface area contributed by atoms with Crippen molar-refractivity contribution in [2.24, 2.45) is 0 Å². The van der Waals surface area contributed by atoms with Crippen LogP contribution in [0.4, 0.5) is 0 Å². The first kappa shape index (κ1) is 20.5. The van der Waals surface area contributed by atoms with Crippen LogP contribution in [0.25, 0.3) is 10.9 Å². The third-order valence-electron chi connectivity index (χ3n) is 5.12. The lowest BCUT2D eigenvalue weighted by molar-refractivity contribution is -0.138. The number of aryl methyl sites for hydroxylation is 1.